The maximum Gasteiger partial charge on any atom is 0.333 e. The lowest BCUT2D eigenvalue weighted by molar-refractivity contribution is -0.154. The summed E-state index contributed by atoms with van der Waals surface area (Å²) in [6.45, 7) is 14.7. The second-order valence-corrected chi connectivity index (χ2v) is 11.9. The van der Waals surface area contributed by atoms with Crippen molar-refractivity contribution in [3.8, 4) is 0 Å². The van der Waals surface area contributed by atoms with Crippen LogP contribution in [-0.2, 0) is 19.1 Å². The van der Waals surface area contributed by atoms with Crippen LogP contribution in [0.5, 0.6) is 0 Å². The van der Waals surface area contributed by atoms with Crippen molar-refractivity contribution in [3.63, 3.8) is 0 Å². The minimum absolute atomic E-state index is 0.0168. The number of carbonyl (C=O) groups is 3. The van der Waals surface area contributed by atoms with Crippen molar-refractivity contribution < 1.29 is 19.1 Å². The molecule has 4 atom stereocenters. The zero-order chi connectivity index (χ0) is 26.2. The van der Waals surface area contributed by atoms with Crippen LogP contribution in [0.15, 0.2) is 58.7 Å². The fourth-order valence-electron chi connectivity index (χ4n) is 7.44. The van der Waals surface area contributed by atoms with E-state index >= 15 is 0 Å². The fourth-order valence-corrected chi connectivity index (χ4v) is 7.44. The van der Waals surface area contributed by atoms with Gasteiger partial charge < -0.3 is 4.74 Å². The van der Waals surface area contributed by atoms with E-state index in [0.29, 0.717) is 30.1 Å². The highest BCUT2D eigenvalue weighted by Crippen LogP contribution is 2.68. The molecule has 0 radical (unpaired) electrons. The highest BCUT2D eigenvalue weighted by Gasteiger charge is 2.64. The first-order valence-electron chi connectivity index (χ1n) is 12.8. The summed E-state index contributed by atoms with van der Waals surface area (Å²) in [5, 5.41) is 0. The van der Waals surface area contributed by atoms with E-state index in [4.69, 9.17) is 4.74 Å². The van der Waals surface area contributed by atoms with E-state index in [-0.39, 0.29) is 33.9 Å². The van der Waals surface area contributed by atoms with Crippen molar-refractivity contribution >= 4 is 17.5 Å². The highest BCUT2D eigenvalue weighted by atomic mass is 16.5. The number of allylic oxidation sites excluding steroid dienone is 9. The molecule has 3 fully saturated rings. The first-order valence-corrected chi connectivity index (χ1v) is 12.8. The Kier molecular flexibility index (Phi) is 7.64. The van der Waals surface area contributed by atoms with E-state index in [0.717, 1.165) is 36.0 Å². The van der Waals surface area contributed by atoms with Crippen LogP contribution in [0.25, 0.3) is 0 Å². The van der Waals surface area contributed by atoms with Crippen LogP contribution in [0, 0.1) is 28.1 Å². The van der Waals surface area contributed by atoms with Gasteiger partial charge in [0.25, 0.3) is 0 Å². The number of hydrogen-bond acceptors (Lipinski definition) is 4. The molecule has 0 heterocycles. The molecule has 0 spiro atoms. The summed E-state index contributed by atoms with van der Waals surface area (Å²) < 4.78 is 4.70. The number of carbonyl (C=O) groups excluding carboxylic acids is 3. The van der Waals surface area contributed by atoms with Crippen molar-refractivity contribution in [2.75, 3.05) is 7.11 Å². The van der Waals surface area contributed by atoms with E-state index in [1.807, 2.05) is 31.2 Å². The molecule has 0 amide bonds. The molecule has 190 valence electrons. The molecule has 4 heteroatoms. The Hall–Kier alpha value is -2.49. The topological polar surface area (TPSA) is 60.4 Å². The minimum Gasteiger partial charge on any atom is -0.466 e. The second kappa shape index (κ2) is 9.87. The zero-order valence-electron chi connectivity index (χ0n) is 22.8. The monoisotopic (exact) mass is 478 g/mol. The Morgan fingerprint density at radius 2 is 1.60 bits per heavy atom. The maximum absolute atomic E-state index is 13.4. The first-order chi connectivity index (χ1) is 16.3. The molecular weight excluding hydrogens is 436 g/mol. The normalized spacial score (nSPS) is 34.9. The van der Waals surface area contributed by atoms with Gasteiger partial charge in [-0.2, -0.15) is 0 Å². The van der Waals surface area contributed by atoms with E-state index in [1.165, 1.54) is 7.11 Å². The first kappa shape index (κ1) is 27.1. The van der Waals surface area contributed by atoms with E-state index in [2.05, 4.69) is 40.7 Å². The molecule has 3 aliphatic carbocycles. The van der Waals surface area contributed by atoms with Gasteiger partial charge in [0.15, 0.2) is 5.78 Å². The molecular formula is C31H42O4. The third kappa shape index (κ3) is 4.81. The fraction of sp³-hybridized carbons (Fsp3) is 0.581. The van der Waals surface area contributed by atoms with Crippen LogP contribution in [0.1, 0.15) is 80.6 Å². The number of ether oxygens (including phenoxy) is 1. The summed E-state index contributed by atoms with van der Waals surface area (Å²) in [6.07, 6.45) is 15.6. The summed E-state index contributed by atoms with van der Waals surface area (Å²) in [5.41, 5.74) is 3.19. The molecule has 35 heavy (non-hydrogen) atoms. The lowest BCUT2D eigenvalue weighted by Gasteiger charge is -2.60. The van der Waals surface area contributed by atoms with Gasteiger partial charge in [0.2, 0.25) is 0 Å². The quantitative estimate of drug-likeness (QED) is 0.245. The summed E-state index contributed by atoms with van der Waals surface area (Å²) in [5.74, 6) is 0.955. The van der Waals surface area contributed by atoms with Crippen LogP contribution < -0.4 is 0 Å². The van der Waals surface area contributed by atoms with Crippen molar-refractivity contribution in [3.05, 3.63) is 58.7 Å². The Morgan fingerprint density at radius 1 is 0.943 bits per heavy atom. The Morgan fingerprint density at radius 3 is 2.26 bits per heavy atom. The zero-order valence-corrected chi connectivity index (χ0v) is 22.8. The molecule has 0 aromatic carbocycles. The van der Waals surface area contributed by atoms with Gasteiger partial charge >= 0.3 is 5.97 Å². The second-order valence-electron chi connectivity index (χ2n) is 11.9. The summed E-state index contributed by atoms with van der Waals surface area (Å²) in [7, 11) is 1.37. The number of hydrogen-bond donors (Lipinski definition) is 0. The summed E-state index contributed by atoms with van der Waals surface area (Å²) >= 11 is 0. The lowest BCUT2D eigenvalue weighted by atomic mass is 9.43. The van der Waals surface area contributed by atoms with Crippen molar-refractivity contribution in [1.29, 1.82) is 0 Å². The standard InChI is InChI=1S/C31H42O4/c1-20(12-10-14-22(3)28(34)35-8)11-9-13-21(2)27-23(32)19-25-30(6)18-16-26(33)29(4,5)24(30)15-17-31(25,27)7/h9-14,24-25H,15-19H2,1-8H3/b12-10+,13-9+,20-11+,22-14+,27-21-/t24-,25-,30-,31-/m0/s1. The van der Waals surface area contributed by atoms with Crippen LogP contribution >= 0.6 is 0 Å². The Labute approximate surface area is 211 Å². The number of rotatable bonds is 5. The molecule has 0 aliphatic heterocycles. The predicted octanol–water partition coefficient (Wildman–Crippen LogP) is 6.88. The van der Waals surface area contributed by atoms with Gasteiger partial charge in [0.05, 0.1) is 7.11 Å². The molecule has 3 aliphatic rings. The summed E-state index contributed by atoms with van der Waals surface area (Å²) in [4.78, 5) is 37.6. The third-order valence-corrected chi connectivity index (χ3v) is 9.35. The average Bonchev–Trinajstić information content (AvgIpc) is 3.07. The van der Waals surface area contributed by atoms with E-state index < -0.39 is 0 Å². The minimum atomic E-state index is -0.335. The van der Waals surface area contributed by atoms with Gasteiger partial charge in [0, 0.05) is 34.8 Å². The van der Waals surface area contributed by atoms with Gasteiger partial charge in [-0.15, -0.1) is 0 Å². The largest absolute Gasteiger partial charge is 0.466 e. The number of esters is 1. The Balaban J connectivity index is 1.83. The molecule has 0 aromatic heterocycles. The number of fused-ring (bicyclic) bond motifs is 3. The maximum atomic E-state index is 13.4. The molecule has 0 bridgehead atoms. The van der Waals surface area contributed by atoms with Crippen LogP contribution in [-0.4, -0.2) is 24.6 Å². The van der Waals surface area contributed by atoms with Gasteiger partial charge in [-0.05, 0) is 62.9 Å². The van der Waals surface area contributed by atoms with E-state index in [9.17, 15) is 14.4 Å². The van der Waals surface area contributed by atoms with Gasteiger partial charge in [-0.3, -0.25) is 9.59 Å². The average molecular weight is 479 g/mol. The SMILES string of the molecule is COC(=O)/C(C)=C/C=C/C(C)=C/C=C/C(C)=C1/C(=O)C[C@H]2[C@@]3(C)CCC(=O)C(C)(C)[C@@H]3CC[C@]12C. The smallest absolute Gasteiger partial charge is 0.333 e. The van der Waals surface area contributed by atoms with Crippen LogP contribution in [0.4, 0.5) is 0 Å². The van der Waals surface area contributed by atoms with Gasteiger partial charge in [-0.1, -0.05) is 69.7 Å². The van der Waals surface area contributed by atoms with Gasteiger partial charge in [0.1, 0.15) is 5.78 Å². The molecule has 3 saturated carbocycles. The van der Waals surface area contributed by atoms with Crippen molar-refractivity contribution in [1.82, 2.24) is 0 Å². The molecule has 0 aromatic rings. The molecule has 3 rings (SSSR count). The van der Waals surface area contributed by atoms with E-state index in [1.54, 1.807) is 13.0 Å². The summed E-state index contributed by atoms with van der Waals surface area (Å²) in [6, 6.07) is 0. The van der Waals surface area contributed by atoms with Crippen LogP contribution in [0.2, 0.25) is 0 Å². The molecule has 0 unspecified atom stereocenters. The Bertz CT molecular complexity index is 1060. The van der Waals surface area contributed by atoms with Gasteiger partial charge in [-0.25, -0.2) is 4.79 Å². The number of ketones is 2. The molecule has 0 N–H and O–H groups in total. The van der Waals surface area contributed by atoms with Crippen molar-refractivity contribution in [2.45, 2.75) is 80.6 Å². The predicted molar refractivity (Wildman–Crippen MR) is 141 cm³/mol. The third-order valence-electron chi connectivity index (χ3n) is 9.35. The molecule has 0 saturated heterocycles. The highest BCUT2D eigenvalue weighted by molar-refractivity contribution is 6.01. The lowest BCUT2D eigenvalue weighted by Crippen LogP contribution is -2.56. The molecule has 4 nitrogen and oxygen atoms in total. The van der Waals surface area contributed by atoms with Crippen LogP contribution in [0.3, 0.4) is 0 Å². The van der Waals surface area contributed by atoms with Crippen molar-refractivity contribution in [2.24, 2.45) is 28.1 Å². The number of methoxy groups -OCH3 is 1. The number of Topliss-reactive ketones (excluding diaryl/α,β-unsaturated/α-hetero) is 2.